The molecule has 3 nitrogen and oxygen atoms in total. The molecule has 0 amide bonds. The van der Waals surface area contributed by atoms with Crippen molar-refractivity contribution >= 4 is 0 Å². The Morgan fingerprint density at radius 1 is 1.20 bits per heavy atom. The van der Waals surface area contributed by atoms with Crippen LogP contribution >= 0.6 is 0 Å². The number of aryl methyl sites for hydroxylation is 3. The van der Waals surface area contributed by atoms with Crippen LogP contribution in [0.15, 0.2) is 30.5 Å². The second-order valence-electron chi connectivity index (χ2n) is 5.55. The summed E-state index contributed by atoms with van der Waals surface area (Å²) >= 11 is 0. The molecule has 0 aliphatic carbocycles. The fraction of sp³-hybridized carbons (Fsp3) is 0.471. The van der Waals surface area contributed by atoms with E-state index in [1.165, 1.54) is 16.7 Å². The van der Waals surface area contributed by atoms with Crippen LogP contribution in [0.5, 0.6) is 0 Å². The van der Waals surface area contributed by atoms with Gasteiger partial charge in [0, 0.05) is 6.20 Å². The average Bonchev–Trinajstić information content (AvgIpc) is 2.83. The second-order valence-corrected chi connectivity index (χ2v) is 5.55. The molecule has 3 heteroatoms. The summed E-state index contributed by atoms with van der Waals surface area (Å²) < 4.78 is 2.03. The van der Waals surface area contributed by atoms with Crippen LogP contribution in [0.2, 0.25) is 0 Å². The Hall–Kier alpha value is -1.61. The van der Waals surface area contributed by atoms with Crippen molar-refractivity contribution in [2.75, 3.05) is 6.54 Å². The van der Waals surface area contributed by atoms with Gasteiger partial charge < -0.3 is 5.32 Å². The van der Waals surface area contributed by atoms with Gasteiger partial charge in [0.1, 0.15) is 0 Å². The average molecular weight is 271 g/mol. The summed E-state index contributed by atoms with van der Waals surface area (Å²) in [5.74, 6) is 0. The number of hydrogen-bond donors (Lipinski definition) is 1. The van der Waals surface area contributed by atoms with E-state index >= 15 is 0 Å². The first-order valence-corrected chi connectivity index (χ1v) is 7.40. The highest BCUT2D eigenvalue weighted by Crippen LogP contribution is 2.21. The lowest BCUT2D eigenvalue weighted by Gasteiger charge is -2.21. The lowest BCUT2D eigenvalue weighted by molar-refractivity contribution is 0.436. The number of benzene rings is 1. The van der Waals surface area contributed by atoms with E-state index in [2.05, 4.69) is 61.6 Å². The zero-order valence-corrected chi connectivity index (χ0v) is 13.0. The molecule has 0 aliphatic rings. The largest absolute Gasteiger partial charge is 0.308 e. The first-order chi connectivity index (χ1) is 9.60. The van der Waals surface area contributed by atoms with E-state index in [0.717, 1.165) is 25.2 Å². The maximum Gasteiger partial charge on any atom is 0.0604 e. The Morgan fingerprint density at radius 2 is 2.00 bits per heavy atom. The maximum atomic E-state index is 4.51. The SMILES string of the molecule is CCCNC(Cn1ccc(C)n1)c1cc(C)ccc1C. The van der Waals surface area contributed by atoms with Gasteiger partial charge in [-0.25, -0.2) is 0 Å². The molecule has 2 rings (SSSR count). The molecule has 0 saturated heterocycles. The Bertz CT molecular complexity index is 557. The van der Waals surface area contributed by atoms with Gasteiger partial charge in [-0.2, -0.15) is 5.10 Å². The monoisotopic (exact) mass is 271 g/mol. The van der Waals surface area contributed by atoms with E-state index in [9.17, 15) is 0 Å². The highest BCUT2D eigenvalue weighted by Gasteiger charge is 2.14. The number of rotatable bonds is 6. The molecule has 0 bridgehead atoms. The fourth-order valence-electron chi connectivity index (χ4n) is 2.48. The van der Waals surface area contributed by atoms with Gasteiger partial charge >= 0.3 is 0 Å². The third-order valence-corrected chi connectivity index (χ3v) is 3.59. The van der Waals surface area contributed by atoms with Crippen molar-refractivity contribution in [1.29, 1.82) is 0 Å². The summed E-state index contributed by atoms with van der Waals surface area (Å²) in [5.41, 5.74) is 5.10. The highest BCUT2D eigenvalue weighted by molar-refractivity contribution is 5.33. The molecule has 0 saturated carbocycles. The summed E-state index contributed by atoms with van der Waals surface area (Å²) in [6, 6.07) is 9.04. The van der Waals surface area contributed by atoms with Crippen LogP contribution in [0.25, 0.3) is 0 Å². The van der Waals surface area contributed by atoms with Crippen molar-refractivity contribution < 1.29 is 0 Å². The van der Waals surface area contributed by atoms with Crippen LogP contribution in [0.4, 0.5) is 0 Å². The second kappa shape index (κ2) is 6.71. The number of nitrogens with one attached hydrogen (secondary N) is 1. The van der Waals surface area contributed by atoms with Gasteiger partial charge in [-0.1, -0.05) is 30.7 Å². The Morgan fingerprint density at radius 3 is 2.65 bits per heavy atom. The Balaban J connectivity index is 2.24. The van der Waals surface area contributed by atoms with Crippen LogP contribution in [0.3, 0.4) is 0 Å². The van der Waals surface area contributed by atoms with E-state index in [1.54, 1.807) is 0 Å². The topological polar surface area (TPSA) is 29.9 Å². The van der Waals surface area contributed by atoms with Gasteiger partial charge in [0.15, 0.2) is 0 Å². The minimum atomic E-state index is 0.314. The number of aromatic nitrogens is 2. The molecule has 1 aromatic carbocycles. The van der Waals surface area contributed by atoms with Crippen LogP contribution in [-0.2, 0) is 6.54 Å². The van der Waals surface area contributed by atoms with Crippen LogP contribution in [0.1, 0.15) is 41.8 Å². The molecule has 0 spiro atoms. The molecule has 0 fully saturated rings. The van der Waals surface area contributed by atoms with Crippen LogP contribution < -0.4 is 5.32 Å². The third kappa shape index (κ3) is 3.70. The summed E-state index contributed by atoms with van der Waals surface area (Å²) in [6.07, 6.45) is 3.20. The van der Waals surface area contributed by atoms with Crippen molar-refractivity contribution in [3.8, 4) is 0 Å². The standard InChI is InChI=1S/C17H25N3/c1-5-9-18-17(12-20-10-8-15(4)19-20)16-11-13(2)6-7-14(16)3/h6-8,10-11,17-18H,5,9,12H2,1-4H3. The molecule has 1 atom stereocenters. The smallest absolute Gasteiger partial charge is 0.0604 e. The molecule has 1 aromatic heterocycles. The summed E-state index contributed by atoms with van der Waals surface area (Å²) in [4.78, 5) is 0. The first kappa shape index (κ1) is 14.8. The molecule has 2 aromatic rings. The third-order valence-electron chi connectivity index (χ3n) is 3.59. The first-order valence-electron chi connectivity index (χ1n) is 7.40. The Labute approximate surface area is 122 Å². The van der Waals surface area contributed by atoms with E-state index in [4.69, 9.17) is 0 Å². The number of hydrogen-bond acceptors (Lipinski definition) is 2. The zero-order valence-electron chi connectivity index (χ0n) is 13.0. The lowest BCUT2D eigenvalue weighted by Crippen LogP contribution is -2.27. The minimum Gasteiger partial charge on any atom is -0.308 e. The summed E-state index contributed by atoms with van der Waals surface area (Å²) in [5, 5.41) is 8.16. The predicted molar refractivity (Wildman–Crippen MR) is 83.9 cm³/mol. The summed E-state index contributed by atoms with van der Waals surface area (Å²) in [7, 11) is 0. The molecule has 20 heavy (non-hydrogen) atoms. The van der Waals surface area contributed by atoms with Gasteiger partial charge in [0.25, 0.3) is 0 Å². The van der Waals surface area contributed by atoms with Crippen LogP contribution in [-0.4, -0.2) is 16.3 Å². The molecule has 1 N–H and O–H groups in total. The fourth-order valence-corrected chi connectivity index (χ4v) is 2.48. The van der Waals surface area contributed by atoms with Crippen molar-refractivity contribution in [3.63, 3.8) is 0 Å². The van der Waals surface area contributed by atoms with E-state index in [-0.39, 0.29) is 0 Å². The molecular formula is C17H25N3. The number of nitrogens with zero attached hydrogens (tertiary/aromatic N) is 2. The van der Waals surface area contributed by atoms with E-state index < -0.39 is 0 Å². The molecule has 0 radical (unpaired) electrons. The van der Waals surface area contributed by atoms with Crippen molar-refractivity contribution in [1.82, 2.24) is 15.1 Å². The summed E-state index contributed by atoms with van der Waals surface area (Å²) in [6.45, 7) is 10.5. The van der Waals surface area contributed by atoms with Crippen molar-refractivity contribution in [2.24, 2.45) is 0 Å². The lowest BCUT2D eigenvalue weighted by atomic mass is 9.98. The highest BCUT2D eigenvalue weighted by atomic mass is 15.3. The van der Waals surface area contributed by atoms with Gasteiger partial charge in [-0.3, -0.25) is 4.68 Å². The molecule has 0 aliphatic heterocycles. The van der Waals surface area contributed by atoms with E-state index in [1.807, 2.05) is 11.6 Å². The van der Waals surface area contributed by atoms with Gasteiger partial charge in [0.05, 0.1) is 18.3 Å². The van der Waals surface area contributed by atoms with Crippen LogP contribution in [0, 0.1) is 20.8 Å². The molecule has 108 valence electrons. The van der Waals surface area contributed by atoms with Crippen molar-refractivity contribution in [2.45, 2.75) is 46.7 Å². The van der Waals surface area contributed by atoms with E-state index in [0.29, 0.717) is 6.04 Å². The molecule has 1 unspecified atom stereocenters. The maximum absolute atomic E-state index is 4.51. The molecule has 1 heterocycles. The normalized spacial score (nSPS) is 12.6. The quantitative estimate of drug-likeness (QED) is 0.870. The zero-order chi connectivity index (χ0) is 14.5. The van der Waals surface area contributed by atoms with Gasteiger partial charge in [0.2, 0.25) is 0 Å². The predicted octanol–water partition coefficient (Wildman–Crippen LogP) is 3.55. The Kier molecular flexibility index (Phi) is 4.96. The van der Waals surface area contributed by atoms with Gasteiger partial charge in [-0.15, -0.1) is 0 Å². The van der Waals surface area contributed by atoms with Crippen molar-refractivity contribution in [3.05, 3.63) is 52.8 Å². The van der Waals surface area contributed by atoms with Gasteiger partial charge in [-0.05, 0) is 50.9 Å². The minimum absolute atomic E-state index is 0.314. The molecular weight excluding hydrogens is 246 g/mol.